The van der Waals surface area contributed by atoms with Crippen molar-refractivity contribution < 1.29 is 9.53 Å². The molecule has 0 amide bonds. The Morgan fingerprint density at radius 3 is 2.86 bits per heavy atom. The molecule has 2 rings (SSSR count). The fraction of sp³-hybridized carbons (Fsp3) is 0.400. The van der Waals surface area contributed by atoms with Crippen LogP contribution in [-0.2, 0) is 11.3 Å². The molecule has 0 aliphatic carbocycles. The minimum atomic E-state index is -0.432. The van der Waals surface area contributed by atoms with Gasteiger partial charge in [0.15, 0.2) is 5.69 Å². The topological polar surface area (TPSA) is 57.0 Å². The van der Waals surface area contributed by atoms with Crippen molar-refractivity contribution in [1.29, 1.82) is 0 Å². The van der Waals surface area contributed by atoms with Crippen molar-refractivity contribution in [2.75, 3.05) is 6.61 Å². The molecule has 0 unspecified atom stereocenters. The summed E-state index contributed by atoms with van der Waals surface area (Å²) in [6, 6.07) is 7.50. The molecule has 0 N–H and O–H groups in total. The fourth-order valence-electron chi connectivity index (χ4n) is 1.82. The van der Waals surface area contributed by atoms with Crippen molar-refractivity contribution in [3.05, 3.63) is 46.2 Å². The van der Waals surface area contributed by atoms with E-state index >= 15 is 0 Å². The molecule has 0 bridgehead atoms. The number of halogens is 1. The van der Waals surface area contributed by atoms with Crippen molar-refractivity contribution in [2.24, 2.45) is 5.92 Å². The Hall–Kier alpha value is -1.88. The van der Waals surface area contributed by atoms with Gasteiger partial charge in [-0.05, 0) is 30.5 Å². The Morgan fingerprint density at radius 1 is 1.43 bits per heavy atom. The molecule has 1 heterocycles. The van der Waals surface area contributed by atoms with E-state index in [-0.39, 0.29) is 11.6 Å². The van der Waals surface area contributed by atoms with Crippen LogP contribution in [0.4, 0.5) is 0 Å². The molecular formula is C15H18ClN3O2. The van der Waals surface area contributed by atoms with E-state index in [1.54, 1.807) is 11.6 Å². The third kappa shape index (κ3) is 4.04. The van der Waals surface area contributed by atoms with Crippen molar-refractivity contribution >= 4 is 17.6 Å². The molecule has 0 saturated heterocycles. The average molecular weight is 308 g/mol. The molecule has 5 nitrogen and oxygen atoms in total. The Morgan fingerprint density at radius 2 is 2.19 bits per heavy atom. The minimum absolute atomic E-state index is 0.262. The third-order valence-electron chi connectivity index (χ3n) is 2.95. The number of hydrogen-bond acceptors (Lipinski definition) is 4. The number of rotatable bonds is 5. The van der Waals surface area contributed by atoms with E-state index in [0.717, 1.165) is 5.56 Å². The number of aromatic nitrogens is 3. The zero-order chi connectivity index (χ0) is 15.4. The summed E-state index contributed by atoms with van der Waals surface area (Å²) in [5, 5.41) is 8.60. The molecule has 21 heavy (non-hydrogen) atoms. The minimum Gasteiger partial charge on any atom is -0.461 e. The Labute approximate surface area is 128 Å². The fourth-order valence-corrected chi connectivity index (χ4v) is 2.03. The van der Waals surface area contributed by atoms with Gasteiger partial charge in [-0.1, -0.05) is 42.8 Å². The first-order valence-electron chi connectivity index (χ1n) is 6.79. The van der Waals surface area contributed by atoms with Gasteiger partial charge in [0.05, 0.1) is 18.8 Å². The number of carbonyl (C=O) groups excluding carboxylic acids is 1. The van der Waals surface area contributed by atoms with Crippen LogP contribution in [0.5, 0.6) is 0 Å². The monoisotopic (exact) mass is 307 g/mol. The first-order valence-corrected chi connectivity index (χ1v) is 7.17. The molecule has 2 aromatic rings. The number of ether oxygens (including phenoxy) is 1. The number of esters is 1. The lowest BCUT2D eigenvalue weighted by atomic mass is 10.2. The summed E-state index contributed by atoms with van der Waals surface area (Å²) in [6.45, 7) is 6.65. The third-order valence-corrected chi connectivity index (χ3v) is 3.18. The van der Waals surface area contributed by atoms with E-state index in [4.69, 9.17) is 16.3 Å². The highest BCUT2D eigenvalue weighted by Gasteiger charge is 2.18. The highest BCUT2D eigenvalue weighted by molar-refractivity contribution is 6.30. The summed E-state index contributed by atoms with van der Waals surface area (Å²) in [4.78, 5) is 11.9. The van der Waals surface area contributed by atoms with Gasteiger partial charge in [-0.25, -0.2) is 9.48 Å². The molecular weight excluding hydrogens is 290 g/mol. The summed E-state index contributed by atoms with van der Waals surface area (Å²) in [5.74, 6) is -0.144. The molecule has 1 aromatic carbocycles. The molecule has 0 spiro atoms. The van der Waals surface area contributed by atoms with E-state index in [1.165, 1.54) is 0 Å². The van der Waals surface area contributed by atoms with Crippen molar-refractivity contribution in [1.82, 2.24) is 15.0 Å². The Bertz CT molecular complexity index is 638. The van der Waals surface area contributed by atoms with Gasteiger partial charge in [0, 0.05) is 5.02 Å². The van der Waals surface area contributed by atoms with Crippen molar-refractivity contribution in [3.63, 3.8) is 0 Å². The lowest BCUT2D eigenvalue weighted by molar-refractivity contribution is 0.0451. The summed E-state index contributed by atoms with van der Waals surface area (Å²) in [7, 11) is 0. The first kappa shape index (κ1) is 15.5. The molecule has 0 aliphatic heterocycles. The molecule has 6 heteroatoms. The van der Waals surface area contributed by atoms with Crippen molar-refractivity contribution in [2.45, 2.75) is 27.3 Å². The van der Waals surface area contributed by atoms with Crippen LogP contribution in [0.2, 0.25) is 5.02 Å². The van der Waals surface area contributed by atoms with E-state index in [0.29, 0.717) is 23.9 Å². The average Bonchev–Trinajstić information content (AvgIpc) is 2.78. The highest BCUT2D eigenvalue weighted by Crippen LogP contribution is 2.13. The van der Waals surface area contributed by atoms with Gasteiger partial charge in [-0.15, -0.1) is 5.10 Å². The van der Waals surface area contributed by atoms with Gasteiger partial charge in [-0.2, -0.15) is 0 Å². The van der Waals surface area contributed by atoms with Crippen LogP contribution in [0.3, 0.4) is 0 Å². The van der Waals surface area contributed by atoms with E-state index < -0.39 is 5.97 Å². The molecule has 0 radical (unpaired) electrons. The molecule has 0 aliphatic rings. The molecule has 0 saturated carbocycles. The van der Waals surface area contributed by atoms with Crippen LogP contribution in [0.15, 0.2) is 24.3 Å². The second kappa shape index (κ2) is 6.72. The zero-order valence-corrected chi connectivity index (χ0v) is 13.1. The lowest BCUT2D eigenvalue weighted by Crippen LogP contribution is -2.12. The highest BCUT2D eigenvalue weighted by atomic mass is 35.5. The molecule has 112 valence electrons. The smallest absolute Gasteiger partial charge is 0.360 e. The number of nitrogens with zero attached hydrogens (tertiary/aromatic N) is 3. The maximum atomic E-state index is 11.9. The Kier molecular flexibility index (Phi) is 4.96. The standard InChI is InChI=1S/C15H18ClN3O2/c1-10(2)9-21-15(20)14-11(3)19(18-17-14)8-12-5-4-6-13(16)7-12/h4-7,10H,8-9H2,1-3H3. The largest absolute Gasteiger partial charge is 0.461 e. The predicted molar refractivity (Wildman–Crippen MR) is 80.4 cm³/mol. The Balaban J connectivity index is 2.11. The second-order valence-electron chi connectivity index (χ2n) is 5.30. The number of benzene rings is 1. The van der Waals surface area contributed by atoms with Crippen LogP contribution in [0.25, 0.3) is 0 Å². The quantitative estimate of drug-likeness (QED) is 0.796. The van der Waals surface area contributed by atoms with Gasteiger partial charge in [-0.3, -0.25) is 0 Å². The molecule has 1 aromatic heterocycles. The molecule has 0 fully saturated rings. The summed E-state index contributed by atoms with van der Waals surface area (Å²) >= 11 is 5.96. The van der Waals surface area contributed by atoms with E-state index in [1.807, 2.05) is 38.1 Å². The predicted octanol–water partition coefficient (Wildman–Crippen LogP) is 3.10. The van der Waals surface area contributed by atoms with Crippen LogP contribution in [0, 0.1) is 12.8 Å². The van der Waals surface area contributed by atoms with Gasteiger partial charge in [0.25, 0.3) is 0 Å². The van der Waals surface area contributed by atoms with Crippen LogP contribution >= 0.6 is 11.6 Å². The first-order chi connectivity index (χ1) is 9.97. The van der Waals surface area contributed by atoms with Gasteiger partial charge in [0.1, 0.15) is 0 Å². The van der Waals surface area contributed by atoms with E-state index in [9.17, 15) is 4.79 Å². The maximum Gasteiger partial charge on any atom is 0.360 e. The van der Waals surface area contributed by atoms with Gasteiger partial charge < -0.3 is 4.74 Å². The lowest BCUT2D eigenvalue weighted by Gasteiger charge is -2.06. The normalized spacial score (nSPS) is 10.9. The maximum absolute atomic E-state index is 11.9. The summed E-state index contributed by atoms with van der Waals surface area (Å²) < 4.78 is 6.84. The number of carbonyl (C=O) groups is 1. The second-order valence-corrected chi connectivity index (χ2v) is 5.74. The van der Waals surface area contributed by atoms with Gasteiger partial charge >= 0.3 is 5.97 Å². The van der Waals surface area contributed by atoms with Crippen LogP contribution in [-0.4, -0.2) is 27.6 Å². The summed E-state index contributed by atoms with van der Waals surface area (Å²) in [6.07, 6.45) is 0. The zero-order valence-electron chi connectivity index (χ0n) is 12.3. The number of hydrogen-bond donors (Lipinski definition) is 0. The van der Waals surface area contributed by atoms with E-state index in [2.05, 4.69) is 10.3 Å². The van der Waals surface area contributed by atoms with Crippen LogP contribution < -0.4 is 0 Å². The summed E-state index contributed by atoms with van der Waals surface area (Å²) in [5.41, 5.74) is 1.94. The SMILES string of the molecule is Cc1c(C(=O)OCC(C)C)nnn1Cc1cccc(Cl)c1. The van der Waals surface area contributed by atoms with Gasteiger partial charge in [0.2, 0.25) is 0 Å². The van der Waals surface area contributed by atoms with Crippen molar-refractivity contribution in [3.8, 4) is 0 Å². The van der Waals surface area contributed by atoms with Crippen LogP contribution in [0.1, 0.15) is 35.6 Å². The molecule has 0 atom stereocenters.